The summed E-state index contributed by atoms with van der Waals surface area (Å²) in [7, 11) is 0. The summed E-state index contributed by atoms with van der Waals surface area (Å²) >= 11 is 0. The maximum Gasteiger partial charge on any atom is 0.406 e. The Bertz CT molecular complexity index is 1450. The quantitative estimate of drug-likeness (QED) is 0.267. The summed E-state index contributed by atoms with van der Waals surface area (Å²) in [5.41, 5.74) is 7.98. The second kappa shape index (κ2) is 12.8. The second-order valence-electron chi connectivity index (χ2n) is 12.3. The number of nitrogens with two attached hydrogens (primary N) is 1. The fourth-order valence-electron chi connectivity index (χ4n) is 6.07. The van der Waals surface area contributed by atoms with Crippen LogP contribution in [-0.4, -0.2) is 75.5 Å². The molecule has 0 atom stereocenters. The third-order valence-electron chi connectivity index (χ3n) is 8.40. The van der Waals surface area contributed by atoms with E-state index in [4.69, 9.17) is 5.73 Å². The van der Waals surface area contributed by atoms with E-state index in [1.54, 1.807) is 12.3 Å². The van der Waals surface area contributed by atoms with Crippen LogP contribution in [0.2, 0.25) is 0 Å². The molecule has 0 amide bonds. The lowest BCUT2D eigenvalue weighted by Crippen LogP contribution is -2.48. The monoisotopic (exact) mass is 600 g/mol. The van der Waals surface area contributed by atoms with Crippen molar-refractivity contribution in [3.8, 4) is 11.8 Å². The number of halogens is 4. The van der Waals surface area contributed by atoms with E-state index >= 15 is 0 Å². The number of benzene rings is 1. The van der Waals surface area contributed by atoms with Crippen LogP contribution in [0.15, 0.2) is 36.5 Å². The van der Waals surface area contributed by atoms with Crippen molar-refractivity contribution in [3.05, 3.63) is 59.3 Å². The van der Waals surface area contributed by atoms with Crippen LogP contribution < -0.4 is 11.1 Å². The number of nitrogens with one attached hydrogen (secondary N) is 1. The van der Waals surface area contributed by atoms with Crippen LogP contribution in [0.1, 0.15) is 56.5 Å². The van der Waals surface area contributed by atoms with Gasteiger partial charge in [-0.2, -0.15) is 13.2 Å². The summed E-state index contributed by atoms with van der Waals surface area (Å²) in [5, 5.41) is 13.5. The van der Waals surface area contributed by atoms with Crippen LogP contribution in [0.4, 0.5) is 23.2 Å². The summed E-state index contributed by atoms with van der Waals surface area (Å²) in [6.07, 6.45) is 0.474. The number of aliphatic hydroxyl groups is 1. The number of alkyl halides is 3. The minimum Gasteiger partial charge on any atom is -0.393 e. The van der Waals surface area contributed by atoms with Gasteiger partial charge in [-0.15, -0.1) is 0 Å². The molecule has 2 aromatic heterocycles. The van der Waals surface area contributed by atoms with Gasteiger partial charge in [-0.25, -0.2) is 4.39 Å². The second-order valence-corrected chi connectivity index (χ2v) is 12.3. The largest absolute Gasteiger partial charge is 0.406 e. The first kappa shape index (κ1) is 31.3. The number of likely N-dealkylation sites (tertiary alicyclic amines) is 2. The number of fused-ring (bicyclic) bond motifs is 1. The van der Waals surface area contributed by atoms with Crippen molar-refractivity contribution in [2.75, 3.05) is 38.0 Å². The number of aliphatic hydroxyl groups excluding tert-OH is 1. The van der Waals surface area contributed by atoms with E-state index < -0.39 is 24.1 Å². The Labute approximate surface area is 250 Å². The fourth-order valence-corrected chi connectivity index (χ4v) is 6.07. The normalized spacial score (nSPS) is 18.1. The molecule has 0 aliphatic carbocycles. The topological polar surface area (TPSA) is 82.6 Å². The van der Waals surface area contributed by atoms with E-state index in [1.165, 1.54) is 6.07 Å². The maximum atomic E-state index is 14.8. The molecule has 43 heavy (non-hydrogen) atoms. The van der Waals surface area contributed by atoms with Crippen LogP contribution in [0, 0.1) is 17.7 Å². The average Bonchev–Trinajstić information content (AvgIpc) is 3.27. The molecule has 3 aromatic rings. The molecule has 2 aliphatic rings. The van der Waals surface area contributed by atoms with E-state index in [-0.39, 0.29) is 23.9 Å². The molecular weight excluding hydrogens is 560 g/mol. The number of rotatable bonds is 7. The van der Waals surface area contributed by atoms with E-state index in [0.717, 1.165) is 68.2 Å². The van der Waals surface area contributed by atoms with Gasteiger partial charge >= 0.3 is 6.18 Å². The van der Waals surface area contributed by atoms with Gasteiger partial charge in [0.05, 0.1) is 47.0 Å². The van der Waals surface area contributed by atoms with E-state index in [1.807, 2.05) is 26.0 Å². The van der Waals surface area contributed by atoms with Crippen LogP contribution in [0.3, 0.4) is 0 Å². The van der Waals surface area contributed by atoms with Gasteiger partial charge in [0.2, 0.25) is 0 Å². The summed E-state index contributed by atoms with van der Waals surface area (Å²) in [4.78, 5) is 9.04. The van der Waals surface area contributed by atoms with Crippen molar-refractivity contribution in [2.45, 2.75) is 76.5 Å². The lowest BCUT2D eigenvalue weighted by Gasteiger charge is -2.41. The standard InChI is InChI=1S/C32H40F4N6O/c1-31(2,37)30-6-5-24(19-39-30)38-11-3-4-26-18-28-22(16-23(33)17-29(28)42(26)21-32(34,35)36)20-40-12-7-25(8-13-40)41-14-9-27(43)10-15-41/h5-6,16-19,25,27,38,43H,7-15,20-21,37H2,1-2H3. The number of nitrogens with zero attached hydrogens (tertiary/aromatic N) is 4. The van der Waals surface area contributed by atoms with Crippen molar-refractivity contribution in [2.24, 2.45) is 5.73 Å². The molecule has 0 spiro atoms. The highest BCUT2D eigenvalue weighted by atomic mass is 19.4. The summed E-state index contributed by atoms with van der Waals surface area (Å²) in [6, 6.07) is 8.34. The van der Waals surface area contributed by atoms with Gasteiger partial charge in [-0.1, -0.05) is 5.92 Å². The molecule has 4 N–H and O–H groups in total. The smallest absolute Gasteiger partial charge is 0.393 e. The van der Waals surface area contributed by atoms with Gasteiger partial charge in [0.25, 0.3) is 0 Å². The molecule has 2 fully saturated rings. The average molecular weight is 601 g/mol. The number of aromatic nitrogens is 2. The predicted octanol–water partition coefficient (Wildman–Crippen LogP) is 4.82. The Hall–Kier alpha value is -3.17. The fraction of sp³-hybridized carbons (Fsp3) is 0.531. The zero-order valence-corrected chi connectivity index (χ0v) is 24.7. The molecule has 0 bridgehead atoms. The highest BCUT2D eigenvalue weighted by molar-refractivity contribution is 5.86. The first-order valence-electron chi connectivity index (χ1n) is 14.9. The number of pyridine rings is 1. The number of piperidine rings is 2. The van der Waals surface area contributed by atoms with Gasteiger partial charge in [0.1, 0.15) is 12.4 Å². The zero-order chi connectivity index (χ0) is 30.8. The van der Waals surface area contributed by atoms with Crippen molar-refractivity contribution >= 4 is 16.6 Å². The molecular formula is C32H40F4N6O. The molecule has 2 aliphatic heterocycles. The molecule has 11 heteroatoms. The molecule has 0 saturated carbocycles. The van der Waals surface area contributed by atoms with Crippen molar-refractivity contribution in [1.29, 1.82) is 0 Å². The van der Waals surface area contributed by atoms with Crippen LogP contribution >= 0.6 is 0 Å². The predicted molar refractivity (Wildman–Crippen MR) is 160 cm³/mol. The number of hydrogen-bond acceptors (Lipinski definition) is 6. The van der Waals surface area contributed by atoms with E-state index in [2.05, 4.69) is 31.9 Å². The Morgan fingerprint density at radius 2 is 1.77 bits per heavy atom. The van der Waals surface area contributed by atoms with E-state index in [0.29, 0.717) is 29.2 Å². The summed E-state index contributed by atoms with van der Waals surface area (Å²) < 4.78 is 56.7. The van der Waals surface area contributed by atoms with Crippen molar-refractivity contribution < 1.29 is 22.7 Å². The first-order chi connectivity index (χ1) is 20.4. The van der Waals surface area contributed by atoms with Crippen LogP contribution in [0.25, 0.3) is 10.9 Å². The van der Waals surface area contributed by atoms with Crippen molar-refractivity contribution in [3.63, 3.8) is 0 Å². The molecule has 0 unspecified atom stereocenters. The maximum absolute atomic E-state index is 14.8. The number of anilines is 1. The lowest BCUT2D eigenvalue weighted by molar-refractivity contribution is -0.140. The Balaban J connectivity index is 1.31. The van der Waals surface area contributed by atoms with Gasteiger partial charge in [0, 0.05) is 31.1 Å². The third-order valence-corrected chi connectivity index (χ3v) is 8.40. The SMILES string of the molecule is CC(C)(N)c1ccc(NCC#Cc2cc3c(CN4CCC(N5CCC(O)CC5)CC4)cc(F)cc3n2CC(F)(F)F)cn1. The molecule has 7 nitrogen and oxygen atoms in total. The number of hydrogen-bond donors (Lipinski definition) is 3. The minimum absolute atomic E-state index is 0.185. The molecule has 0 radical (unpaired) electrons. The molecule has 232 valence electrons. The first-order valence-corrected chi connectivity index (χ1v) is 14.9. The minimum atomic E-state index is -4.50. The Morgan fingerprint density at radius 1 is 1.05 bits per heavy atom. The van der Waals surface area contributed by atoms with Crippen molar-refractivity contribution in [1.82, 2.24) is 19.4 Å². The van der Waals surface area contributed by atoms with Gasteiger partial charge < -0.3 is 25.6 Å². The third kappa shape index (κ3) is 8.06. The van der Waals surface area contributed by atoms with Gasteiger partial charge in [0.15, 0.2) is 0 Å². The molecule has 2 saturated heterocycles. The zero-order valence-electron chi connectivity index (χ0n) is 24.7. The Morgan fingerprint density at radius 3 is 2.40 bits per heavy atom. The summed E-state index contributed by atoms with van der Waals surface area (Å²) in [5.74, 6) is 5.22. The van der Waals surface area contributed by atoms with Crippen LogP contribution in [-0.2, 0) is 18.6 Å². The van der Waals surface area contributed by atoms with Gasteiger partial charge in [-0.05, 0) is 94.4 Å². The summed E-state index contributed by atoms with van der Waals surface area (Å²) in [6.45, 7) is 6.54. The van der Waals surface area contributed by atoms with Crippen LogP contribution in [0.5, 0.6) is 0 Å². The highest BCUT2D eigenvalue weighted by Gasteiger charge is 2.31. The molecule has 4 heterocycles. The molecule has 1 aromatic carbocycles. The van der Waals surface area contributed by atoms with Gasteiger partial charge in [-0.3, -0.25) is 9.88 Å². The highest BCUT2D eigenvalue weighted by Crippen LogP contribution is 2.30. The lowest BCUT2D eigenvalue weighted by atomic mass is 9.98. The van der Waals surface area contributed by atoms with E-state index in [9.17, 15) is 22.7 Å². The molecule has 5 rings (SSSR count). The Kier molecular flexibility index (Phi) is 9.32.